The predicted octanol–water partition coefficient (Wildman–Crippen LogP) is 3.90. The van der Waals surface area contributed by atoms with Crippen molar-refractivity contribution in [3.05, 3.63) is 65.5 Å². The zero-order valence-corrected chi connectivity index (χ0v) is 18.5. The highest BCUT2D eigenvalue weighted by molar-refractivity contribution is 5.98. The molecule has 2 fully saturated rings. The lowest BCUT2D eigenvalue weighted by atomic mass is 9.83. The molecule has 2 aliphatic rings. The monoisotopic (exact) mass is 440 g/mol. The Labute approximate surface area is 187 Å². The van der Waals surface area contributed by atoms with E-state index in [0.29, 0.717) is 30.1 Å². The Kier molecular flexibility index (Phi) is 6.46. The molecule has 1 saturated carbocycles. The van der Waals surface area contributed by atoms with Gasteiger partial charge >= 0.3 is 0 Å². The average molecular weight is 441 g/mol. The Hall–Kier alpha value is -2.93. The summed E-state index contributed by atoms with van der Waals surface area (Å²) in [5.41, 5.74) is 0.472. The third-order valence-corrected chi connectivity index (χ3v) is 6.53. The summed E-state index contributed by atoms with van der Waals surface area (Å²) >= 11 is 0. The van der Waals surface area contributed by atoms with Crippen molar-refractivity contribution in [3.63, 3.8) is 0 Å². The molecule has 1 atom stereocenters. The normalized spacial score (nSPS) is 25.0. The van der Waals surface area contributed by atoms with Gasteiger partial charge < -0.3 is 14.8 Å². The zero-order chi connectivity index (χ0) is 22.7. The Bertz CT molecular complexity index is 970. The zero-order valence-electron chi connectivity index (χ0n) is 18.5. The minimum atomic E-state index is -0.773. The van der Waals surface area contributed by atoms with E-state index in [1.54, 1.807) is 48.4 Å². The number of ether oxygens (including phenoxy) is 2. The van der Waals surface area contributed by atoms with E-state index in [9.17, 15) is 14.0 Å². The Balaban J connectivity index is 1.57. The molecule has 1 aliphatic heterocycles. The van der Waals surface area contributed by atoms with E-state index in [2.05, 4.69) is 12.2 Å². The molecule has 1 heterocycles. The number of carbonyl (C=O) groups is 2. The van der Waals surface area contributed by atoms with Gasteiger partial charge in [0.2, 0.25) is 5.91 Å². The van der Waals surface area contributed by atoms with Gasteiger partial charge in [-0.25, -0.2) is 4.39 Å². The van der Waals surface area contributed by atoms with Gasteiger partial charge in [0.05, 0.1) is 13.7 Å². The second-order valence-electron chi connectivity index (χ2n) is 8.71. The van der Waals surface area contributed by atoms with Crippen molar-refractivity contribution in [1.29, 1.82) is 0 Å². The first-order valence-electron chi connectivity index (χ1n) is 11.1. The van der Waals surface area contributed by atoms with Crippen LogP contribution >= 0.6 is 0 Å². The summed E-state index contributed by atoms with van der Waals surface area (Å²) in [6.45, 7) is 2.60. The lowest BCUT2D eigenvalue weighted by Gasteiger charge is -2.43. The van der Waals surface area contributed by atoms with Gasteiger partial charge in [-0.05, 0) is 67.5 Å². The summed E-state index contributed by atoms with van der Waals surface area (Å²) in [7, 11) is 1.55. The molecule has 6 nitrogen and oxygen atoms in total. The van der Waals surface area contributed by atoms with E-state index in [0.717, 1.165) is 18.4 Å². The molecule has 170 valence electrons. The number of hydrogen-bond donors (Lipinski definition) is 1. The van der Waals surface area contributed by atoms with Crippen molar-refractivity contribution in [2.45, 2.75) is 50.9 Å². The maximum Gasteiger partial charge on any atom is 0.257 e. The molecule has 1 aliphatic carbocycles. The quantitative estimate of drug-likeness (QED) is 0.766. The first-order valence-corrected chi connectivity index (χ1v) is 11.1. The van der Waals surface area contributed by atoms with Crippen LogP contribution in [-0.4, -0.2) is 42.2 Å². The molecule has 1 saturated heterocycles. The van der Waals surface area contributed by atoms with E-state index >= 15 is 0 Å². The SMILES string of the molecule is COc1cccc(C(=O)N2[C@H](C(=O)NCc3ccc(F)cc3)COC23CCC(C)CC3)c1. The highest BCUT2D eigenvalue weighted by Gasteiger charge is 2.53. The van der Waals surface area contributed by atoms with Crippen molar-refractivity contribution in [1.82, 2.24) is 10.2 Å². The smallest absolute Gasteiger partial charge is 0.257 e. The lowest BCUT2D eigenvalue weighted by molar-refractivity contribution is -0.128. The number of halogens is 1. The summed E-state index contributed by atoms with van der Waals surface area (Å²) in [6.07, 6.45) is 3.27. The second-order valence-corrected chi connectivity index (χ2v) is 8.71. The molecule has 1 N–H and O–H groups in total. The number of amides is 2. The van der Waals surface area contributed by atoms with E-state index < -0.39 is 11.8 Å². The maximum absolute atomic E-state index is 13.7. The Morgan fingerprint density at radius 2 is 1.91 bits per heavy atom. The summed E-state index contributed by atoms with van der Waals surface area (Å²) in [4.78, 5) is 28.5. The van der Waals surface area contributed by atoms with Gasteiger partial charge in [-0.1, -0.05) is 25.1 Å². The van der Waals surface area contributed by atoms with Crippen LogP contribution in [0.15, 0.2) is 48.5 Å². The van der Waals surface area contributed by atoms with Crippen molar-refractivity contribution in [2.75, 3.05) is 13.7 Å². The molecule has 0 aromatic heterocycles. The summed E-state index contributed by atoms with van der Waals surface area (Å²) in [5.74, 6) is 0.302. The minimum Gasteiger partial charge on any atom is -0.497 e. The molecule has 2 amide bonds. The van der Waals surface area contributed by atoms with Crippen LogP contribution in [0.5, 0.6) is 5.75 Å². The Morgan fingerprint density at radius 1 is 1.19 bits per heavy atom. The number of methoxy groups -OCH3 is 1. The van der Waals surface area contributed by atoms with E-state index in [1.807, 2.05) is 0 Å². The topological polar surface area (TPSA) is 67.9 Å². The molecule has 0 bridgehead atoms. The van der Waals surface area contributed by atoms with E-state index in [1.165, 1.54) is 12.1 Å². The second kappa shape index (κ2) is 9.28. The van der Waals surface area contributed by atoms with Gasteiger partial charge in [0.25, 0.3) is 5.91 Å². The van der Waals surface area contributed by atoms with Crippen LogP contribution < -0.4 is 10.1 Å². The van der Waals surface area contributed by atoms with Gasteiger partial charge in [-0.15, -0.1) is 0 Å². The first-order chi connectivity index (χ1) is 15.4. The predicted molar refractivity (Wildman–Crippen MR) is 118 cm³/mol. The van der Waals surface area contributed by atoms with Crippen molar-refractivity contribution in [2.24, 2.45) is 5.92 Å². The molecule has 0 unspecified atom stereocenters. The van der Waals surface area contributed by atoms with Crippen LogP contribution in [0.3, 0.4) is 0 Å². The lowest BCUT2D eigenvalue weighted by Crippen LogP contribution is -2.56. The van der Waals surface area contributed by atoms with Crippen LogP contribution in [0.4, 0.5) is 4.39 Å². The molecule has 1 spiro atoms. The van der Waals surface area contributed by atoms with Crippen LogP contribution in [0, 0.1) is 11.7 Å². The summed E-state index contributed by atoms with van der Waals surface area (Å²) < 4.78 is 24.6. The van der Waals surface area contributed by atoms with Crippen LogP contribution in [-0.2, 0) is 16.1 Å². The number of rotatable bonds is 5. The average Bonchev–Trinajstić information content (AvgIpc) is 3.19. The van der Waals surface area contributed by atoms with Gasteiger partial charge in [-0.3, -0.25) is 14.5 Å². The van der Waals surface area contributed by atoms with Crippen molar-refractivity contribution in [3.8, 4) is 5.75 Å². The molecule has 2 aromatic rings. The molecule has 7 heteroatoms. The molecule has 0 radical (unpaired) electrons. The van der Waals surface area contributed by atoms with Crippen LogP contribution in [0.25, 0.3) is 0 Å². The Morgan fingerprint density at radius 3 is 2.59 bits per heavy atom. The fourth-order valence-electron chi connectivity index (χ4n) is 4.58. The molecule has 32 heavy (non-hydrogen) atoms. The minimum absolute atomic E-state index is 0.152. The highest BCUT2D eigenvalue weighted by Crippen LogP contribution is 2.43. The van der Waals surface area contributed by atoms with E-state index in [-0.39, 0.29) is 30.8 Å². The van der Waals surface area contributed by atoms with Crippen molar-refractivity contribution >= 4 is 11.8 Å². The van der Waals surface area contributed by atoms with Gasteiger partial charge in [0.1, 0.15) is 23.3 Å². The fraction of sp³-hybridized carbons (Fsp3) is 0.440. The molecule has 2 aromatic carbocycles. The maximum atomic E-state index is 13.7. The molecular weight excluding hydrogens is 411 g/mol. The number of hydrogen-bond acceptors (Lipinski definition) is 4. The van der Waals surface area contributed by atoms with E-state index in [4.69, 9.17) is 9.47 Å². The van der Waals surface area contributed by atoms with Crippen LogP contribution in [0.1, 0.15) is 48.5 Å². The number of nitrogens with zero attached hydrogens (tertiary/aromatic N) is 1. The number of nitrogens with one attached hydrogen (secondary N) is 1. The summed E-state index contributed by atoms with van der Waals surface area (Å²) in [6, 6.07) is 12.2. The first kappa shape index (κ1) is 22.3. The third-order valence-electron chi connectivity index (χ3n) is 6.53. The van der Waals surface area contributed by atoms with Gasteiger partial charge in [0.15, 0.2) is 0 Å². The van der Waals surface area contributed by atoms with Crippen LogP contribution in [0.2, 0.25) is 0 Å². The number of benzene rings is 2. The van der Waals surface area contributed by atoms with Gasteiger partial charge in [0, 0.05) is 12.1 Å². The molecular formula is C25H29FN2O4. The standard InChI is InChI=1S/C25H29FN2O4/c1-17-10-12-25(13-11-17)28(24(30)19-4-3-5-21(14-19)31-2)22(16-32-25)23(29)27-15-18-6-8-20(26)9-7-18/h3-9,14,17,22H,10-13,15-16H2,1-2H3,(H,27,29)/t17?,22-,25?/m0/s1. The fourth-order valence-corrected chi connectivity index (χ4v) is 4.58. The third kappa shape index (κ3) is 4.48. The van der Waals surface area contributed by atoms with Gasteiger partial charge in [-0.2, -0.15) is 0 Å². The summed E-state index contributed by atoms with van der Waals surface area (Å²) in [5, 5.41) is 2.89. The molecule has 4 rings (SSSR count). The number of carbonyl (C=O) groups excluding carboxylic acids is 2. The largest absolute Gasteiger partial charge is 0.497 e. The van der Waals surface area contributed by atoms with Crippen molar-refractivity contribution < 1.29 is 23.5 Å². The highest BCUT2D eigenvalue weighted by atomic mass is 19.1.